The minimum absolute atomic E-state index is 0.0912. The summed E-state index contributed by atoms with van der Waals surface area (Å²) in [6.07, 6.45) is 3.57. The summed E-state index contributed by atoms with van der Waals surface area (Å²) in [6.45, 7) is 6.72. The lowest BCUT2D eigenvalue weighted by atomic mass is 9.68. The Balaban J connectivity index is 1.85. The first kappa shape index (κ1) is 13.6. The van der Waals surface area contributed by atoms with Gasteiger partial charge in [-0.15, -0.1) is 0 Å². The lowest BCUT2D eigenvalue weighted by molar-refractivity contribution is 0.0734. The highest BCUT2D eigenvalue weighted by molar-refractivity contribution is 5.94. The predicted molar refractivity (Wildman–Crippen MR) is 76.9 cm³/mol. The Bertz CT molecular complexity index is 549. The third kappa shape index (κ3) is 1.87. The lowest BCUT2D eigenvalue weighted by Gasteiger charge is -2.43. The molecule has 108 valence electrons. The van der Waals surface area contributed by atoms with E-state index in [0.29, 0.717) is 5.92 Å². The van der Waals surface area contributed by atoms with E-state index >= 15 is 0 Å². The minimum Gasteiger partial charge on any atom is -0.348 e. The van der Waals surface area contributed by atoms with E-state index in [2.05, 4.69) is 26.1 Å². The summed E-state index contributed by atoms with van der Waals surface area (Å²) in [5, 5.41) is 3.12. The van der Waals surface area contributed by atoms with Crippen molar-refractivity contribution >= 4 is 5.91 Å². The second-order valence-electron chi connectivity index (χ2n) is 7.30. The summed E-state index contributed by atoms with van der Waals surface area (Å²) in [4.78, 5) is 12.4. The molecule has 1 amide bonds. The monoisotopic (exact) mass is 275 g/mol. The number of rotatable bonds is 2. The second kappa shape index (κ2) is 4.31. The van der Waals surface area contributed by atoms with E-state index in [1.807, 2.05) is 0 Å². The van der Waals surface area contributed by atoms with Crippen molar-refractivity contribution in [1.29, 1.82) is 0 Å². The Labute approximate surface area is 119 Å². The van der Waals surface area contributed by atoms with Crippen LogP contribution >= 0.6 is 0 Å². The Morgan fingerprint density at radius 3 is 2.60 bits per heavy atom. The molecule has 2 saturated carbocycles. The number of amides is 1. The minimum atomic E-state index is -0.448. The average Bonchev–Trinajstić information content (AvgIpc) is 2.86. The van der Waals surface area contributed by atoms with Crippen LogP contribution < -0.4 is 5.32 Å². The SMILES string of the molecule is CC12CCC(C1)C(C)(C)C2NC(=O)c1ccccc1F. The lowest BCUT2D eigenvalue weighted by Crippen LogP contribution is -2.52. The maximum absolute atomic E-state index is 13.7. The summed E-state index contributed by atoms with van der Waals surface area (Å²) in [7, 11) is 0. The van der Waals surface area contributed by atoms with Gasteiger partial charge in [0.1, 0.15) is 5.82 Å². The van der Waals surface area contributed by atoms with Gasteiger partial charge in [-0.3, -0.25) is 4.79 Å². The quantitative estimate of drug-likeness (QED) is 0.874. The topological polar surface area (TPSA) is 29.1 Å². The largest absolute Gasteiger partial charge is 0.348 e. The molecule has 0 radical (unpaired) electrons. The molecule has 3 heteroatoms. The normalized spacial score (nSPS) is 34.2. The first-order chi connectivity index (χ1) is 9.34. The molecule has 2 bridgehead atoms. The summed E-state index contributed by atoms with van der Waals surface area (Å²) in [6, 6.07) is 6.32. The van der Waals surface area contributed by atoms with Gasteiger partial charge in [-0.25, -0.2) is 4.39 Å². The van der Waals surface area contributed by atoms with Crippen LogP contribution in [-0.2, 0) is 0 Å². The predicted octanol–water partition coefficient (Wildman–Crippen LogP) is 3.77. The zero-order valence-corrected chi connectivity index (χ0v) is 12.4. The zero-order chi connectivity index (χ0) is 14.5. The van der Waals surface area contributed by atoms with Crippen molar-refractivity contribution in [3.05, 3.63) is 35.6 Å². The molecule has 3 atom stereocenters. The van der Waals surface area contributed by atoms with E-state index in [4.69, 9.17) is 0 Å². The number of fused-ring (bicyclic) bond motifs is 2. The molecule has 20 heavy (non-hydrogen) atoms. The van der Waals surface area contributed by atoms with Crippen LogP contribution in [0.2, 0.25) is 0 Å². The number of hydrogen-bond acceptors (Lipinski definition) is 1. The summed E-state index contributed by atoms with van der Waals surface area (Å²) >= 11 is 0. The highest BCUT2D eigenvalue weighted by atomic mass is 19.1. The van der Waals surface area contributed by atoms with Crippen LogP contribution in [0.5, 0.6) is 0 Å². The molecule has 1 aromatic rings. The Kier molecular flexibility index (Phi) is 2.93. The molecular weight excluding hydrogens is 253 g/mol. The Hall–Kier alpha value is -1.38. The summed E-state index contributed by atoms with van der Waals surface area (Å²) in [5.74, 6) is -0.0653. The number of hydrogen-bond donors (Lipinski definition) is 1. The Morgan fingerprint density at radius 2 is 2.00 bits per heavy atom. The van der Waals surface area contributed by atoms with Gasteiger partial charge in [-0.05, 0) is 48.1 Å². The van der Waals surface area contributed by atoms with Crippen molar-refractivity contribution < 1.29 is 9.18 Å². The Morgan fingerprint density at radius 1 is 1.30 bits per heavy atom. The smallest absolute Gasteiger partial charge is 0.254 e. The molecule has 3 unspecified atom stereocenters. The summed E-state index contributed by atoms with van der Waals surface area (Å²) < 4.78 is 13.7. The van der Waals surface area contributed by atoms with Crippen LogP contribution in [0.3, 0.4) is 0 Å². The van der Waals surface area contributed by atoms with E-state index in [-0.39, 0.29) is 28.3 Å². The van der Waals surface area contributed by atoms with E-state index in [1.54, 1.807) is 18.2 Å². The van der Waals surface area contributed by atoms with Gasteiger partial charge in [0.2, 0.25) is 0 Å². The van der Waals surface area contributed by atoms with E-state index in [9.17, 15) is 9.18 Å². The van der Waals surface area contributed by atoms with Crippen LogP contribution in [0.15, 0.2) is 24.3 Å². The van der Waals surface area contributed by atoms with Crippen molar-refractivity contribution in [1.82, 2.24) is 5.32 Å². The first-order valence-corrected chi connectivity index (χ1v) is 7.40. The van der Waals surface area contributed by atoms with Gasteiger partial charge < -0.3 is 5.32 Å². The van der Waals surface area contributed by atoms with E-state index in [0.717, 1.165) is 6.42 Å². The molecule has 0 heterocycles. The van der Waals surface area contributed by atoms with E-state index < -0.39 is 5.82 Å². The fourth-order valence-corrected chi connectivity index (χ4v) is 4.52. The number of benzene rings is 1. The molecule has 0 spiro atoms. The van der Waals surface area contributed by atoms with Gasteiger partial charge in [0.15, 0.2) is 0 Å². The van der Waals surface area contributed by atoms with E-state index in [1.165, 1.54) is 18.9 Å². The maximum atomic E-state index is 13.7. The van der Waals surface area contributed by atoms with Crippen molar-refractivity contribution in [2.24, 2.45) is 16.7 Å². The molecule has 2 fully saturated rings. The third-order valence-corrected chi connectivity index (χ3v) is 5.66. The fourth-order valence-electron chi connectivity index (χ4n) is 4.52. The van der Waals surface area contributed by atoms with Crippen molar-refractivity contribution in [3.8, 4) is 0 Å². The van der Waals surface area contributed by atoms with Crippen molar-refractivity contribution in [2.45, 2.75) is 46.1 Å². The second-order valence-corrected chi connectivity index (χ2v) is 7.30. The molecule has 1 N–H and O–H groups in total. The first-order valence-electron chi connectivity index (χ1n) is 7.40. The van der Waals surface area contributed by atoms with Crippen LogP contribution in [0.1, 0.15) is 50.4 Å². The standard InChI is InChI=1S/C17H22FNO/c1-16(2)11-8-9-17(3,10-11)15(16)19-14(20)12-6-4-5-7-13(12)18/h4-7,11,15H,8-10H2,1-3H3,(H,19,20). The highest BCUT2D eigenvalue weighted by Gasteiger charge is 2.59. The molecule has 3 rings (SSSR count). The van der Waals surface area contributed by atoms with Gasteiger partial charge in [0.05, 0.1) is 5.56 Å². The molecule has 2 nitrogen and oxygen atoms in total. The van der Waals surface area contributed by atoms with Crippen molar-refractivity contribution in [3.63, 3.8) is 0 Å². The molecule has 2 aliphatic rings. The van der Waals surface area contributed by atoms with Gasteiger partial charge in [-0.1, -0.05) is 32.9 Å². The average molecular weight is 275 g/mol. The van der Waals surface area contributed by atoms with Gasteiger partial charge in [-0.2, -0.15) is 0 Å². The number of carbonyl (C=O) groups excluding carboxylic acids is 1. The number of carbonyl (C=O) groups is 1. The summed E-state index contributed by atoms with van der Waals surface area (Å²) in [5.41, 5.74) is 0.401. The van der Waals surface area contributed by atoms with Crippen LogP contribution in [0.4, 0.5) is 4.39 Å². The fraction of sp³-hybridized carbons (Fsp3) is 0.588. The third-order valence-electron chi connectivity index (χ3n) is 5.66. The molecule has 0 saturated heterocycles. The van der Waals surface area contributed by atoms with Crippen molar-refractivity contribution in [2.75, 3.05) is 0 Å². The maximum Gasteiger partial charge on any atom is 0.254 e. The molecule has 0 aromatic heterocycles. The van der Waals surface area contributed by atoms with Gasteiger partial charge >= 0.3 is 0 Å². The van der Waals surface area contributed by atoms with Gasteiger partial charge in [0, 0.05) is 6.04 Å². The van der Waals surface area contributed by atoms with Crippen LogP contribution in [0.25, 0.3) is 0 Å². The zero-order valence-electron chi connectivity index (χ0n) is 12.4. The molecule has 0 aliphatic heterocycles. The molecular formula is C17H22FNO. The molecule has 1 aromatic carbocycles. The molecule has 2 aliphatic carbocycles. The highest BCUT2D eigenvalue weighted by Crippen LogP contribution is 2.62. The number of nitrogens with one attached hydrogen (secondary N) is 1. The van der Waals surface area contributed by atoms with Gasteiger partial charge in [0.25, 0.3) is 5.91 Å². The van der Waals surface area contributed by atoms with Crippen LogP contribution in [0, 0.1) is 22.6 Å². The van der Waals surface area contributed by atoms with Crippen LogP contribution in [-0.4, -0.2) is 11.9 Å². The number of halogens is 1.